The van der Waals surface area contributed by atoms with E-state index in [1.54, 1.807) is 36.4 Å². The fourth-order valence-corrected chi connectivity index (χ4v) is 3.90. The molecule has 146 valence electrons. The molecular weight excluding hydrogens is 394 g/mol. The quantitative estimate of drug-likeness (QED) is 0.629. The van der Waals surface area contributed by atoms with Crippen molar-refractivity contribution in [2.45, 2.75) is 4.90 Å². The molecule has 0 aliphatic carbocycles. The summed E-state index contributed by atoms with van der Waals surface area (Å²) in [5, 5.41) is 2.12. The van der Waals surface area contributed by atoms with E-state index in [-0.39, 0.29) is 21.8 Å². The van der Waals surface area contributed by atoms with Crippen LogP contribution in [0.1, 0.15) is 20.7 Å². The molecular formula is C20H15N3O5S. The lowest BCUT2D eigenvalue weighted by molar-refractivity contribution is 0.0880. The number of nitrogens with one attached hydrogen (secondary N) is 1. The minimum Gasteiger partial charge on any atom is -0.384 e. The number of aromatic nitrogens is 1. The van der Waals surface area contributed by atoms with Gasteiger partial charge in [0, 0.05) is 12.3 Å². The maximum Gasteiger partial charge on any atom is 0.262 e. The number of rotatable bonds is 3. The molecule has 0 radical (unpaired) electrons. The molecule has 4 rings (SSSR count). The summed E-state index contributed by atoms with van der Waals surface area (Å²) in [5.41, 5.74) is 7.31. The van der Waals surface area contributed by atoms with Crippen molar-refractivity contribution in [1.29, 1.82) is 0 Å². The number of imide groups is 1. The zero-order valence-electron chi connectivity index (χ0n) is 15.2. The van der Waals surface area contributed by atoms with E-state index in [1.165, 1.54) is 12.1 Å². The third kappa shape index (κ3) is 3.11. The number of anilines is 1. The van der Waals surface area contributed by atoms with Crippen molar-refractivity contribution in [3.63, 3.8) is 0 Å². The van der Waals surface area contributed by atoms with Gasteiger partial charge in [-0.25, -0.2) is 8.42 Å². The summed E-state index contributed by atoms with van der Waals surface area (Å²) in [6.07, 6.45) is 1.13. The van der Waals surface area contributed by atoms with Gasteiger partial charge in [0.25, 0.3) is 17.4 Å². The number of pyridine rings is 1. The third-order valence-corrected chi connectivity index (χ3v) is 5.80. The second-order valence-corrected chi connectivity index (χ2v) is 8.64. The van der Waals surface area contributed by atoms with Crippen LogP contribution in [0.15, 0.2) is 64.3 Å². The van der Waals surface area contributed by atoms with Crippen LogP contribution >= 0.6 is 0 Å². The van der Waals surface area contributed by atoms with Gasteiger partial charge >= 0.3 is 0 Å². The fourth-order valence-electron chi connectivity index (χ4n) is 3.26. The predicted octanol–water partition coefficient (Wildman–Crippen LogP) is 1.37. The Balaban J connectivity index is 1.83. The van der Waals surface area contributed by atoms with Crippen LogP contribution in [0, 0.1) is 0 Å². The van der Waals surface area contributed by atoms with Crippen molar-refractivity contribution >= 4 is 27.5 Å². The number of amides is 2. The Morgan fingerprint density at radius 1 is 0.897 bits per heavy atom. The van der Waals surface area contributed by atoms with Gasteiger partial charge in [-0.05, 0) is 35.4 Å². The Morgan fingerprint density at radius 3 is 2.24 bits per heavy atom. The topological polar surface area (TPSA) is 128 Å². The first-order valence-corrected chi connectivity index (χ1v) is 10.4. The molecule has 2 aromatic carbocycles. The Kier molecular flexibility index (Phi) is 4.12. The van der Waals surface area contributed by atoms with Gasteiger partial charge in [0.2, 0.25) is 0 Å². The molecule has 3 aromatic rings. The highest BCUT2D eigenvalue weighted by atomic mass is 32.2. The molecule has 0 spiro atoms. The van der Waals surface area contributed by atoms with E-state index in [9.17, 15) is 22.8 Å². The minimum absolute atomic E-state index is 0.0301. The number of carbonyl (C=O) groups is 2. The summed E-state index contributed by atoms with van der Waals surface area (Å²) in [4.78, 5) is 36.6. The number of hydrogen-bond acceptors (Lipinski definition) is 6. The van der Waals surface area contributed by atoms with Gasteiger partial charge in [-0.15, -0.1) is 0 Å². The van der Waals surface area contributed by atoms with Crippen molar-refractivity contribution < 1.29 is 18.0 Å². The lowest BCUT2D eigenvalue weighted by atomic mass is 10.0. The highest BCUT2D eigenvalue weighted by Gasteiger charge is 2.31. The van der Waals surface area contributed by atoms with Crippen LogP contribution in [-0.4, -0.2) is 31.1 Å². The molecule has 0 atom stereocenters. The molecule has 1 aliphatic heterocycles. The molecule has 3 N–H and O–H groups in total. The van der Waals surface area contributed by atoms with E-state index in [2.05, 4.69) is 5.32 Å². The normalized spacial score (nSPS) is 13.3. The highest BCUT2D eigenvalue weighted by molar-refractivity contribution is 7.90. The molecule has 29 heavy (non-hydrogen) atoms. The van der Waals surface area contributed by atoms with Crippen molar-refractivity contribution in [2.24, 2.45) is 0 Å². The Labute approximate surface area is 165 Å². The van der Waals surface area contributed by atoms with Gasteiger partial charge in [-0.2, -0.15) is 0 Å². The first-order valence-electron chi connectivity index (χ1n) is 8.49. The molecule has 1 aromatic heterocycles. The molecule has 1 aliphatic rings. The maximum absolute atomic E-state index is 12.6. The number of nitrogens with zero attached hydrogens (tertiary/aromatic N) is 1. The van der Waals surface area contributed by atoms with E-state index >= 15 is 0 Å². The number of carbonyl (C=O) groups excluding carboxylic acids is 2. The molecule has 0 saturated carbocycles. The SMILES string of the molecule is CS(=O)(=O)c1ccc(-c2cccc(-n3c(N)c4c(cc3=O)C(=O)NC4=O)c2)cc1. The van der Waals surface area contributed by atoms with Gasteiger partial charge in [0.05, 0.1) is 21.7 Å². The minimum atomic E-state index is -3.31. The molecule has 9 heteroatoms. The Morgan fingerprint density at radius 2 is 1.59 bits per heavy atom. The molecule has 0 saturated heterocycles. The zero-order chi connectivity index (χ0) is 20.9. The van der Waals surface area contributed by atoms with Crippen LogP contribution in [0.3, 0.4) is 0 Å². The number of nitrogens with two attached hydrogens (primary N) is 1. The standard InChI is InChI=1S/C20H15N3O5S/c1-29(27,28)14-7-5-11(6-8-14)12-3-2-4-13(9-12)23-16(24)10-15-17(18(23)21)20(26)22-19(15)25/h2-10H,21H2,1H3,(H,22,25,26). The molecule has 0 bridgehead atoms. The van der Waals surface area contributed by atoms with Gasteiger partial charge in [0.1, 0.15) is 5.82 Å². The summed E-state index contributed by atoms with van der Waals surface area (Å²) in [6, 6.07) is 14.3. The average molecular weight is 409 g/mol. The summed E-state index contributed by atoms with van der Waals surface area (Å²) in [7, 11) is -3.31. The van der Waals surface area contributed by atoms with E-state index in [0.717, 1.165) is 28.0 Å². The summed E-state index contributed by atoms with van der Waals surface area (Å²) < 4.78 is 24.4. The van der Waals surface area contributed by atoms with Crippen molar-refractivity contribution in [1.82, 2.24) is 9.88 Å². The van der Waals surface area contributed by atoms with E-state index in [0.29, 0.717) is 5.69 Å². The van der Waals surface area contributed by atoms with Gasteiger partial charge in [-0.1, -0.05) is 24.3 Å². The number of sulfone groups is 1. The van der Waals surface area contributed by atoms with E-state index in [1.807, 2.05) is 0 Å². The lowest BCUT2D eigenvalue weighted by Crippen LogP contribution is -2.24. The van der Waals surface area contributed by atoms with Crippen LogP contribution in [0.4, 0.5) is 5.82 Å². The van der Waals surface area contributed by atoms with Crippen molar-refractivity contribution in [3.8, 4) is 16.8 Å². The summed E-state index contributed by atoms with van der Waals surface area (Å²) in [5.74, 6) is -1.43. The smallest absolute Gasteiger partial charge is 0.262 e. The highest BCUT2D eigenvalue weighted by Crippen LogP contribution is 2.26. The third-order valence-electron chi connectivity index (χ3n) is 4.67. The first-order chi connectivity index (χ1) is 13.7. The Bertz CT molecular complexity index is 1360. The second kappa shape index (κ2) is 6.42. The van der Waals surface area contributed by atoms with Crippen LogP contribution in [0.2, 0.25) is 0 Å². The van der Waals surface area contributed by atoms with Crippen LogP contribution < -0.4 is 16.6 Å². The lowest BCUT2D eigenvalue weighted by Gasteiger charge is -2.13. The summed E-state index contributed by atoms with van der Waals surface area (Å²) in [6.45, 7) is 0. The average Bonchev–Trinajstić information content (AvgIpc) is 2.95. The van der Waals surface area contributed by atoms with Crippen molar-refractivity contribution in [2.75, 3.05) is 12.0 Å². The van der Waals surface area contributed by atoms with Gasteiger partial charge < -0.3 is 5.73 Å². The van der Waals surface area contributed by atoms with Gasteiger partial charge in [-0.3, -0.25) is 24.3 Å². The predicted molar refractivity (Wildman–Crippen MR) is 107 cm³/mol. The summed E-state index contributed by atoms with van der Waals surface area (Å²) >= 11 is 0. The van der Waals surface area contributed by atoms with Crippen molar-refractivity contribution in [3.05, 3.63) is 76.1 Å². The van der Waals surface area contributed by atoms with Crippen LogP contribution in [0.5, 0.6) is 0 Å². The van der Waals surface area contributed by atoms with E-state index in [4.69, 9.17) is 5.73 Å². The number of nitrogen functional groups attached to an aromatic ring is 1. The fraction of sp³-hybridized carbons (Fsp3) is 0.0500. The first kappa shape index (κ1) is 18.6. The molecule has 2 heterocycles. The van der Waals surface area contributed by atoms with Crippen LogP contribution in [-0.2, 0) is 9.84 Å². The second-order valence-electron chi connectivity index (χ2n) is 6.62. The maximum atomic E-state index is 12.6. The zero-order valence-corrected chi connectivity index (χ0v) is 16.0. The number of fused-ring (bicyclic) bond motifs is 1. The molecule has 2 amide bonds. The number of benzene rings is 2. The van der Waals surface area contributed by atoms with Gasteiger partial charge in [0.15, 0.2) is 9.84 Å². The number of hydrogen-bond donors (Lipinski definition) is 2. The van der Waals surface area contributed by atoms with E-state index < -0.39 is 27.2 Å². The molecule has 0 unspecified atom stereocenters. The monoisotopic (exact) mass is 409 g/mol. The molecule has 8 nitrogen and oxygen atoms in total. The molecule has 0 fully saturated rings. The Hall–Kier alpha value is -3.72. The van der Waals surface area contributed by atoms with Crippen LogP contribution in [0.25, 0.3) is 16.8 Å². The largest absolute Gasteiger partial charge is 0.384 e.